The van der Waals surface area contributed by atoms with Gasteiger partial charge in [-0.2, -0.15) is 0 Å². The Balaban J connectivity index is 5.34. The first-order chi connectivity index (χ1) is 15.6. The molecule has 0 aliphatic rings. The van der Waals surface area contributed by atoms with Gasteiger partial charge in [0.2, 0.25) is 0 Å². The zero-order chi connectivity index (χ0) is 24.0. The Hall–Kier alpha value is -0.640. The number of aliphatic hydroxyl groups is 1. The van der Waals surface area contributed by atoms with Crippen molar-refractivity contribution >= 4 is 0 Å². The first kappa shape index (κ1) is 31.4. The number of rotatable bonds is 22. The Morgan fingerprint density at radius 3 is 1.16 bits per heavy atom. The van der Waals surface area contributed by atoms with Crippen molar-refractivity contribution in [3.05, 3.63) is 24.3 Å². The van der Waals surface area contributed by atoms with Crippen molar-refractivity contribution < 1.29 is 5.11 Å². The maximum absolute atomic E-state index is 11.3. The molecule has 190 valence electrons. The molecule has 0 amide bonds. The Labute approximate surface area is 202 Å². The van der Waals surface area contributed by atoms with Gasteiger partial charge >= 0.3 is 0 Å². The van der Waals surface area contributed by atoms with Gasteiger partial charge in [0, 0.05) is 12.1 Å². The minimum atomic E-state index is -0.239. The molecule has 2 atom stereocenters. The van der Waals surface area contributed by atoms with Crippen molar-refractivity contribution in [3.8, 4) is 0 Å². The van der Waals surface area contributed by atoms with Gasteiger partial charge in [-0.1, -0.05) is 77.7 Å². The summed E-state index contributed by atoms with van der Waals surface area (Å²) in [6.45, 7) is 18.0. The third kappa shape index (κ3) is 15.2. The molecule has 0 aromatic heterocycles. The van der Waals surface area contributed by atoms with Crippen LogP contribution < -0.4 is 0 Å². The van der Waals surface area contributed by atoms with E-state index in [2.05, 4.69) is 75.6 Å². The van der Waals surface area contributed by atoms with E-state index in [4.69, 9.17) is 0 Å². The quantitative estimate of drug-likeness (QED) is 0.172. The van der Waals surface area contributed by atoms with Crippen molar-refractivity contribution in [1.29, 1.82) is 0 Å². The number of aliphatic hydroxyl groups excluding tert-OH is 1. The molecule has 0 spiro atoms. The monoisotopic (exact) mass is 450 g/mol. The molecule has 0 aliphatic heterocycles. The molecule has 3 nitrogen and oxygen atoms in total. The second kappa shape index (κ2) is 22.2. The van der Waals surface area contributed by atoms with Crippen LogP contribution in [0.2, 0.25) is 0 Å². The fourth-order valence-electron chi connectivity index (χ4n) is 4.50. The molecule has 0 radical (unpaired) electrons. The summed E-state index contributed by atoms with van der Waals surface area (Å²) in [4.78, 5) is 5.34. The molecule has 3 heteroatoms. The number of unbranched alkanes of at least 4 members (excludes halogenated alkanes) is 4. The predicted octanol–water partition coefficient (Wildman–Crippen LogP) is 7.60. The van der Waals surface area contributed by atoms with E-state index in [0.717, 1.165) is 51.9 Å². The van der Waals surface area contributed by atoms with Crippen LogP contribution in [0.3, 0.4) is 0 Å². The molecular weight excluding hydrogens is 392 g/mol. The molecule has 0 rings (SSSR count). The summed E-state index contributed by atoms with van der Waals surface area (Å²) < 4.78 is 0. The standard InChI is InChI=1S/C29H58N2O/c1-7-13-19-27(30(21-15-9-3)22-16-10-4)25-29(32)26-28(20-14-8-2)31(23-17-11-5)24-18-12-6/h7-8,13-14,27-29,32H,9-12,15-26H2,1-6H3. The maximum atomic E-state index is 11.3. The lowest BCUT2D eigenvalue weighted by Gasteiger charge is -2.36. The molecule has 32 heavy (non-hydrogen) atoms. The Morgan fingerprint density at radius 2 is 0.906 bits per heavy atom. The topological polar surface area (TPSA) is 26.7 Å². The fourth-order valence-corrected chi connectivity index (χ4v) is 4.50. The van der Waals surface area contributed by atoms with Crippen LogP contribution in [-0.2, 0) is 0 Å². The Bertz CT molecular complexity index is 392. The van der Waals surface area contributed by atoms with Crippen LogP contribution in [0.25, 0.3) is 0 Å². The zero-order valence-corrected chi connectivity index (χ0v) is 22.7. The highest BCUT2D eigenvalue weighted by molar-refractivity contribution is 4.90. The lowest BCUT2D eigenvalue weighted by Crippen LogP contribution is -2.42. The maximum Gasteiger partial charge on any atom is 0.0570 e. The van der Waals surface area contributed by atoms with Crippen molar-refractivity contribution in [3.63, 3.8) is 0 Å². The third-order valence-electron chi connectivity index (χ3n) is 6.60. The van der Waals surface area contributed by atoms with E-state index in [1.54, 1.807) is 0 Å². The third-order valence-corrected chi connectivity index (χ3v) is 6.60. The average molecular weight is 451 g/mol. The van der Waals surface area contributed by atoms with E-state index in [1.165, 1.54) is 51.4 Å². The molecule has 0 aromatic carbocycles. The van der Waals surface area contributed by atoms with Gasteiger partial charge in [-0.3, -0.25) is 9.80 Å². The molecular formula is C29H58N2O. The van der Waals surface area contributed by atoms with E-state index < -0.39 is 0 Å². The smallest absolute Gasteiger partial charge is 0.0570 e. The number of allylic oxidation sites excluding steroid dienone is 2. The molecule has 0 saturated heterocycles. The van der Waals surface area contributed by atoms with Crippen LogP contribution in [-0.4, -0.2) is 59.3 Å². The van der Waals surface area contributed by atoms with Crippen LogP contribution in [0.15, 0.2) is 24.3 Å². The summed E-state index contributed by atoms with van der Waals surface area (Å²) in [6.07, 6.45) is 22.5. The first-order valence-electron chi connectivity index (χ1n) is 14.0. The highest BCUT2D eigenvalue weighted by Crippen LogP contribution is 2.21. The van der Waals surface area contributed by atoms with Gasteiger partial charge in [-0.15, -0.1) is 0 Å². The second-order valence-electron chi connectivity index (χ2n) is 9.53. The van der Waals surface area contributed by atoms with Crippen molar-refractivity contribution in [2.24, 2.45) is 0 Å². The van der Waals surface area contributed by atoms with Crippen molar-refractivity contribution in [2.45, 2.75) is 137 Å². The minimum absolute atomic E-state index is 0.239. The number of nitrogens with zero attached hydrogens (tertiary/aromatic N) is 2. The highest BCUT2D eigenvalue weighted by Gasteiger charge is 2.25. The lowest BCUT2D eigenvalue weighted by atomic mass is 9.95. The highest BCUT2D eigenvalue weighted by atomic mass is 16.3. The summed E-state index contributed by atoms with van der Waals surface area (Å²) in [6, 6.07) is 0.891. The van der Waals surface area contributed by atoms with Gasteiger partial charge in [-0.25, -0.2) is 0 Å². The molecule has 0 bridgehead atoms. The van der Waals surface area contributed by atoms with Crippen LogP contribution in [0.1, 0.15) is 119 Å². The molecule has 1 N–H and O–H groups in total. The molecule has 0 fully saturated rings. The van der Waals surface area contributed by atoms with Gasteiger partial charge in [0.1, 0.15) is 0 Å². The molecule has 0 aromatic rings. The summed E-state index contributed by atoms with van der Waals surface area (Å²) in [5, 5.41) is 11.3. The normalized spacial score (nSPS) is 15.4. The van der Waals surface area contributed by atoms with Crippen molar-refractivity contribution in [2.75, 3.05) is 26.2 Å². The van der Waals surface area contributed by atoms with E-state index >= 15 is 0 Å². The van der Waals surface area contributed by atoms with E-state index in [1.807, 2.05) is 0 Å². The minimum Gasteiger partial charge on any atom is -0.393 e. The second-order valence-corrected chi connectivity index (χ2v) is 9.53. The summed E-state index contributed by atoms with van der Waals surface area (Å²) in [5.74, 6) is 0. The van der Waals surface area contributed by atoms with Gasteiger partial charge in [0.05, 0.1) is 6.10 Å². The Kier molecular flexibility index (Phi) is 21.7. The number of hydrogen-bond donors (Lipinski definition) is 1. The summed E-state index contributed by atoms with van der Waals surface area (Å²) in [5.41, 5.74) is 0. The van der Waals surface area contributed by atoms with Crippen LogP contribution in [0.5, 0.6) is 0 Å². The molecule has 0 saturated carbocycles. The predicted molar refractivity (Wildman–Crippen MR) is 144 cm³/mol. The van der Waals surface area contributed by atoms with Crippen molar-refractivity contribution in [1.82, 2.24) is 9.80 Å². The fraction of sp³-hybridized carbons (Fsp3) is 0.862. The largest absolute Gasteiger partial charge is 0.393 e. The molecule has 0 heterocycles. The van der Waals surface area contributed by atoms with Gasteiger partial charge in [0.25, 0.3) is 0 Å². The van der Waals surface area contributed by atoms with E-state index in [0.29, 0.717) is 12.1 Å². The summed E-state index contributed by atoms with van der Waals surface area (Å²) >= 11 is 0. The molecule has 0 aliphatic carbocycles. The zero-order valence-electron chi connectivity index (χ0n) is 22.7. The van der Waals surface area contributed by atoms with Crippen LogP contribution >= 0.6 is 0 Å². The van der Waals surface area contributed by atoms with Crippen LogP contribution in [0, 0.1) is 0 Å². The molecule has 2 unspecified atom stereocenters. The van der Waals surface area contributed by atoms with Gasteiger partial charge in [-0.05, 0) is 91.4 Å². The average Bonchev–Trinajstić information content (AvgIpc) is 2.80. The SMILES string of the molecule is CC=CCC(CC(O)CC(CC=CC)N(CCCC)CCCC)N(CCCC)CCCC. The van der Waals surface area contributed by atoms with E-state index in [9.17, 15) is 5.11 Å². The Morgan fingerprint density at radius 1 is 0.594 bits per heavy atom. The summed E-state index contributed by atoms with van der Waals surface area (Å²) in [7, 11) is 0. The van der Waals surface area contributed by atoms with Gasteiger partial charge in [0.15, 0.2) is 0 Å². The van der Waals surface area contributed by atoms with Gasteiger partial charge < -0.3 is 5.11 Å². The lowest BCUT2D eigenvalue weighted by molar-refractivity contribution is 0.0635. The number of hydrogen-bond acceptors (Lipinski definition) is 3. The van der Waals surface area contributed by atoms with Crippen LogP contribution in [0.4, 0.5) is 0 Å². The first-order valence-corrected chi connectivity index (χ1v) is 14.0. The van der Waals surface area contributed by atoms with E-state index in [-0.39, 0.29) is 6.10 Å².